The molecule has 1 aromatic heterocycles. The molecule has 2 N–H and O–H groups in total. The molecule has 1 saturated heterocycles. The first-order valence-corrected chi connectivity index (χ1v) is 14.2. The standard InChI is InChI=1S/C28H27FO6S2/c1-17-6-9-23(10-7-17)37(32,33)34-16-21-15-25(30)27(31)28(35-21)19-8-11-24(29)20(12-19)14-22-13-18-4-2-3-5-26(18)36-22/h2-13,21,25,27-28,30-31H,14-16H2,1H3/t21-,25?,27-,28-/m0/s1. The molecule has 0 amide bonds. The Kier molecular flexibility index (Phi) is 7.44. The van der Waals surface area contributed by atoms with Crippen LogP contribution in [0.4, 0.5) is 4.39 Å². The van der Waals surface area contributed by atoms with E-state index in [1.165, 1.54) is 24.3 Å². The average Bonchev–Trinajstić information content (AvgIpc) is 3.29. The van der Waals surface area contributed by atoms with Crippen molar-refractivity contribution in [3.63, 3.8) is 0 Å². The van der Waals surface area contributed by atoms with Crippen LogP contribution in [0.5, 0.6) is 0 Å². The first-order valence-electron chi connectivity index (χ1n) is 11.9. The number of aliphatic hydroxyl groups is 2. The molecule has 1 unspecified atom stereocenters. The van der Waals surface area contributed by atoms with Gasteiger partial charge in [-0.25, -0.2) is 4.39 Å². The van der Waals surface area contributed by atoms with Crippen LogP contribution in [0.15, 0.2) is 77.7 Å². The van der Waals surface area contributed by atoms with Gasteiger partial charge in [0.2, 0.25) is 0 Å². The molecule has 4 aromatic rings. The summed E-state index contributed by atoms with van der Waals surface area (Å²) in [6, 6.07) is 20.7. The van der Waals surface area contributed by atoms with Gasteiger partial charge in [-0.05, 0) is 59.8 Å². The second-order valence-corrected chi connectivity index (χ2v) is 12.1. The Hall–Kier alpha value is -2.66. The smallest absolute Gasteiger partial charge is 0.297 e. The van der Waals surface area contributed by atoms with Crippen molar-refractivity contribution in [3.8, 4) is 0 Å². The fraction of sp³-hybridized carbons (Fsp3) is 0.286. The minimum atomic E-state index is -4.02. The van der Waals surface area contributed by atoms with Crippen molar-refractivity contribution in [2.45, 2.75) is 49.1 Å². The highest BCUT2D eigenvalue weighted by atomic mass is 32.2. The molecule has 3 aromatic carbocycles. The van der Waals surface area contributed by atoms with E-state index >= 15 is 0 Å². The van der Waals surface area contributed by atoms with E-state index in [0.717, 1.165) is 20.5 Å². The van der Waals surface area contributed by atoms with Crippen LogP contribution in [0.2, 0.25) is 0 Å². The van der Waals surface area contributed by atoms with Crippen molar-refractivity contribution in [2.24, 2.45) is 0 Å². The van der Waals surface area contributed by atoms with Gasteiger partial charge in [0.15, 0.2) is 0 Å². The van der Waals surface area contributed by atoms with Crippen LogP contribution in [0, 0.1) is 12.7 Å². The lowest BCUT2D eigenvalue weighted by Crippen LogP contribution is -2.45. The van der Waals surface area contributed by atoms with Gasteiger partial charge in [-0.2, -0.15) is 8.42 Å². The number of thiophene rings is 1. The third-order valence-corrected chi connectivity index (χ3v) is 8.92. The summed E-state index contributed by atoms with van der Waals surface area (Å²) < 4.78 is 52.2. The lowest BCUT2D eigenvalue weighted by atomic mass is 9.92. The number of aryl methyl sites for hydroxylation is 1. The maximum absolute atomic E-state index is 14.7. The molecule has 1 aliphatic rings. The summed E-state index contributed by atoms with van der Waals surface area (Å²) in [5, 5.41) is 22.2. The van der Waals surface area contributed by atoms with E-state index in [9.17, 15) is 23.0 Å². The Morgan fingerprint density at radius 3 is 2.57 bits per heavy atom. The quantitative estimate of drug-likeness (QED) is 0.323. The molecule has 37 heavy (non-hydrogen) atoms. The van der Waals surface area contributed by atoms with Gasteiger partial charge in [-0.1, -0.05) is 42.0 Å². The zero-order valence-corrected chi connectivity index (χ0v) is 21.7. The summed E-state index contributed by atoms with van der Waals surface area (Å²) in [5.74, 6) is -0.379. The lowest BCUT2D eigenvalue weighted by Gasteiger charge is -2.37. The minimum absolute atomic E-state index is 0.00305. The van der Waals surface area contributed by atoms with Crippen molar-refractivity contribution in [2.75, 3.05) is 6.61 Å². The van der Waals surface area contributed by atoms with Crippen molar-refractivity contribution < 1.29 is 31.9 Å². The Morgan fingerprint density at radius 1 is 1.05 bits per heavy atom. The van der Waals surface area contributed by atoms with Gasteiger partial charge in [0.1, 0.15) is 18.0 Å². The first kappa shape index (κ1) is 26.0. The topological polar surface area (TPSA) is 93.1 Å². The summed E-state index contributed by atoms with van der Waals surface area (Å²) in [6.45, 7) is 1.52. The fourth-order valence-corrected chi connectivity index (χ4v) is 6.52. The molecule has 0 saturated carbocycles. The number of fused-ring (bicyclic) bond motifs is 1. The molecule has 2 heterocycles. The Labute approximate surface area is 219 Å². The largest absolute Gasteiger partial charge is 0.390 e. The van der Waals surface area contributed by atoms with Crippen LogP contribution in [0.3, 0.4) is 0 Å². The molecule has 194 valence electrons. The molecule has 5 rings (SSSR count). The molecule has 1 aliphatic heterocycles. The highest BCUT2D eigenvalue weighted by Crippen LogP contribution is 2.34. The van der Waals surface area contributed by atoms with E-state index in [4.69, 9.17) is 8.92 Å². The molecule has 0 aliphatic carbocycles. The summed E-state index contributed by atoms with van der Waals surface area (Å²) >= 11 is 1.59. The van der Waals surface area contributed by atoms with Crippen LogP contribution in [0.25, 0.3) is 10.1 Å². The third kappa shape index (κ3) is 5.77. The molecular formula is C28H27FO6S2. The highest BCUT2D eigenvalue weighted by molar-refractivity contribution is 7.86. The lowest BCUT2D eigenvalue weighted by molar-refractivity contribution is -0.177. The molecular weight excluding hydrogens is 515 g/mol. The molecule has 9 heteroatoms. The zero-order chi connectivity index (χ0) is 26.2. The average molecular weight is 543 g/mol. The SMILES string of the molecule is Cc1ccc(S(=O)(=O)OC[C@@H]2CC(O)[C@H](O)[C@H](c3ccc(F)c(Cc4cc5ccccc5s4)c3)O2)cc1. The van der Waals surface area contributed by atoms with Crippen LogP contribution in [-0.4, -0.2) is 43.5 Å². The number of halogens is 1. The van der Waals surface area contributed by atoms with Gasteiger partial charge < -0.3 is 14.9 Å². The van der Waals surface area contributed by atoms with Crippen molar-refractivity contribution in [3.05, 3.63) is 100 Å². The van der Waals surface area contributed by atoms with Crippen molar-refractivity contribution in [1.29, 1.82) is 0 Å². The molecule has 4 atom stereocenters. The number of rotatable bonds is 7. The summed E-state index contributed by atoms with van der Waals surface area (Å²) in [7, 11) is -4.02. The van der Waals surface area contributed by atoms with Crippen LogP contribution in [-0.2, 0) is 25.5 Å². The van der Waals surface area contributed by atoms with E-state index in [0.29, 0.717) is 17.5 Å². The maximum atomic E-state index is 14.7. The second-order valence-electron chi connectivity index (χ2n) is 9.30. The fourth-order valence-electron chi connectivity index (χ4n) is 4.49. The Morgan fingerprint density at radius 2 is 1.81 bits per heavy atom. The molecule has 0 spiro atoms. The summed E-state index contributed by atoms with van der Waals surface area (Å²) in [5.41, 5.74) is 1.85. The number of benzene rings is 3. The Balaban J connectivity index is 1.32. The number of hydrogen-bond donors (Lipinski definition) is 2. The van der Waals surface area contributed by atoms with Crippen LogP contribution in [0.1, 0.15) is 34.1 Å². The normalized spacial score (nSPS) is 22.4. The van der Waals surface area contributed by atoms with Gasteiger partial charge in [0.05, 0.1) is 23.7 Å². The van der Waals surface area contributed by atoms with E-state index in [-0.39, 0.29) is 23.7 Å². The summed E-state index contributed by atoms with van der Waals surface area (Å²) in [6.07, 6.45) is -3.82. The number of hydrogen-bond acceptors (Lipinski definition) is 7. The van der Waals surface area contributed by atoms with Gasteiger partial charge >= 0.3 is 0 Å². The highest BCUT2D eigenvalue weighted by Gasteiger charge is 2.38. The minimum Gasteiger partial charge on any atom is -0.390 e. The van der Waals surface area contributed by atoms with Gasteiger partial charge in [0, 0.05) is 22.4 Å². The van der Waals surface area contributed by atoms with Crippen molar-refractivity contribution >= 4 is 31.5 Å². The third-order valence-electron chi connectivity index (χ3n) is 6.51. The first-order chi connectivity index (χ1) is 17.7. The van der Waals surface area contributed by atoms with Gasteiger partial charge in [-0.3, -0.25) is 4.18 Å². The number of aliphatic hydroxyl groups excluding tert-OH is 2. The van der Waals surface area contributed by atoms with Crippen LogP contribution < -0.4 is 0 Å². The molecule has 6 nitrogen and oxygen atoms in total. The van der Waals surface area contributed by atoms with Crippen LogP contribution >= 0.6 is 11.3 Å². The number of ether oxygens (including phenoxy) is 1. The Bertz CT molecular complexity index is 1470. The monoisotopic (exact) mass is 542 g/mol. The van der Waals surface area contributed by atoms with E-state index in [1.807, 2.05) is 37.3 Å². The second kappa shape index (κ2) is 10.6. The predicted octanol–water partition coefficient (Wildman–Crippen LogP) is 4.90. The van der Waals surface area contributed by atoms with Crippen molar-refractivity contribution in [1.82, 2.24) is 0 Å². The van der Waals surface area contributed by atoms with E-state index in [2.05, 4.69) is 0 Å². The van der Waals surface area contributed by atoms with Gasteiger partial charge in [0.25, 0.3) is 10.1 Å². The maximum Gasteiger partial charge on any atom is 0.297 e. The van der Waals surface area contributed by atoms with Gasteiger partial charge in [-0.15, -0.1) is 11.3 Å². The van der Waals surface area contributed by atoms with E-state index < -0.39 is 34.5 Å². The zero-order valence-electron chi connectivity index (χ0n) is 20.1. The van der Waals surface area contributed by atoms with E-state index in [1.54, 1.807) is 29.5 Å². The molecule has 0 bridgehead atoms. The summed E-state index contributed by atoms with van der Waals surface area (Å²) in [4.78, 5) is 1.02. The molecule has 1 fully saturated rings. The predicted molar refractivity (Wildman–Crippen MR) is 140 cm³/mol. The molecule has 0 radical (unpaired) electrons.